The van der Waals surface area contributed by atoms with Crippen LogP contribution in [0.5, 0.6) is 23.0 Å². The van der Waals surface area contributed by atoms with Crippen LogP contribution in [0.15, 0.2) is 51.7 Å². The Labute approximate surface area is 143 Å². The third-order valence-corrected chi connectivity index (χ3v) is 4.22. The number of hydrogen-bond donors (Lipinski definition) is 1. The number of methoxy groups -OCH3 is 1. The molecule has 1 aliphatic heterocycles. The molecule has 0 amide bonds. The van der Waals surface area contributed by atoms with Gasteiger partial charge >= 0.3 is 5.63 Å². The van der Waals surface area contributed by atoms with Crippen LogP contribution in [0.1, 0.15) is 18.6 Å². The van der Waals surface area contributed by atoms with Crippen LogP contribution in [-0.2, 0) is 0 Å². The van der Waals surface area contributed by atoms with Crippen molar-refractivity contribution in [2.24, 2.45) is 0 Å². The summed E-state index contributed by atoms with van der Waals surface area (Å²) in [5.41, 5.74) is 0.739. The third kappa shape index (κ3) is 2.55. The zero-order chi connectivity index (χ0) is 17.6. The minimum atomic E-state index is -0.442. The average Bonchev–Trinajstić information content (AvgIpc) is 2.62. The minimum Gasteiger partial charge on any atom is -0.504 e. The maximum absolute atomic E-state index is 11.5. The highest BCUT2D eigenvalue weighted by molar-refractivity contribution is 5.85. The van der Waals surface area contributed by atoms with Gasteiger partial charge in [0.05, 0.1) is 7.11 Å². The molecule has 0 unspecified atom stereocenters. The molecule has 0 bridgehead atoms. The molecule has 0 radical (unpaired) electrons. The van der Waals surface area contributed by atoms with Gasteiger partial charge in [-0.25, -0.2) is 4.79 Å². The van der Waals surface area contributed by atoms with Gasteiger partial charge in [-0.05, 0) is 37.3 Å². The highest BCUT2D eigenvalue weighted by Crippen LogP contribution is 2.44. The number of ether oxygens (including phenoxy) is 3. The zero-order valence-electron chi connectivity index (χ0n) is 13.7. The van der Waals surface area contributed by atoms with E-state index in [1.54, 1.807) is 30.3 Å². The van der Waals surface area contributed by atoms with Gasteiger partial charge in [-0.2, -0.15) is 0 Å². The number of phenolic OH excluding ortho intramolecular Hbond substituents is 1. The van der Waals surface area contributed by atoms with E-state index in [4.69, 9.17) is 18.6 Å². The first-order chi connectivity index (χ1) is 12.1. The SMILES string of the molecule is COc1cc([C@@H]2Oc3ccc4ccc(=O)oc4c3O[C@H]2C)ccc1O. The molecule has 2 heterocycles. The molecule has 1 aliphatic rings. The third-order valence-electron chi connectivity index (χ3n) is 4.22. The van der Waals surface area contributed by atoms with Crippen molar-refractivity contribution in [3.05, 3.63) is 58.4 Å². The lowest BCUT2D eigenvalue weighted by Crippen LogP contribution is -2.30. The van der Waals surface area contributed by atoms with Gasteiger partial charge in [0.15, 0.2) is 28.9 Å². The molecular formula is C19H16O6. The van der Waals surface area contributed by atoms with E-state index in [1.807, 2.05) is 13.0 Å². The Morgan fingerprint density at radius 1 is 1.08 bits per heavy atom. The molecule has 25 heavy (non-hydrogen) atoms. The van der Waals surface area contributed by atoms with E-state index in [0.717, 1.165) is 10.9 Å². The predicted molar refractivity (Wildman–Crippen MR) is 90.6 cm³/mol. The number of aromatic hydroxyl groups is 1. The van der Waals surface area contributed by atoms with Gasteiger partial charge in [-0.15, -0.1) is 0 Å². The Kier molecular flexibility index (Phi) is 3.53. The van der Waals surface area contributed by atoms with Gasteiger partial charge in [-0.1, -0.05) is 6.07 Å². The van der Waals surface area contributed by atoms with Crippen LogP contribution in [0.4, 0.5) is 0 Å². The second kappa shape index (κ2) is 5.73. The maximum Gasteiger partial charge on any atom is 0.336 e. The van der Waals surface area contributed by atoms with Crippen molar-refractivity contribution in [2.75, 3.05) is 7.11 Å². The van der Waals surface area contributed by atoms with Crippen LogP contribution < -0.4 is 19.8 Å². The summed E-state index contributed by atoms with van der Waals surface area (Å²) in [7, 11) is 1.49. The van der Waals surface area contributed by atoms with Gasteiger partial charge in [0.2, 0.25) is 5.75 Å². The number of rotatable bonds is 2. The van der Waals surface area contributed by atoms with Gasteiger partial charge in [-0.3, -0.25) is 0 Å². The number of phenols is 1. The van der Waals surface area contributed by atoms with E-state index in [2.05, 4.69) is 0 Å². The molecule has 0 spiro atoms. The molecule has 2 atom stereocenters. The van der Waals surface area contributed by atoms with Crippen molar-refractivity contribution >= 4 is 11.0 Å². The molecule has 0 aliphatic carbocycles. The molecule has 6 heteroatoms. The molecule has 128 valence electrons. The Morgan fingerprint density at radius 3 is 2.68 bits per heavy atom. The molecule has 6 nitrogen and oxygen atoms in total. The van der Waals surface area contributed by atoms with Crippen molar-refractivity contribution < 1.29 is 23.7 Å². The molecule has 3 aromatic rings. The van der Waals surface area contributed by atoms with E-state index in [0.29, 0.717) is 22.8 Å². The van der Waals surface area contributed by atoms with Crippen LogP contribution in [0, 0.1) is 0 Å². The fourth-order valence-electron chi connectivity index (χ4n) is 2.98. The van der Waals surface area contributed by atoms with Crippen LogP contribution in [0.3, 0.4) is 0 Å². The fourth-order valence-corrected chi connectivity index (χ4v) is 2.98. The normalized spacial score (nSPS) is 19.0. The van der Waals surface area contributed by atoms with Crippen molar-refractivity contribution in [1.29, 1.82) is 0 Å². The highest BCUT2D eigenvalue weighted by atomic mass is 16.6. The van der Waals surface area contributed by atoms with Crippen LogP contribution in [0.25, 0.3) is 11.0 Å². The van der Waals surface area contributed by atoms with Gasteiger partial charge < -0.3 is 23.7 Å². The Bertz CT molecular complexity index is 1010. The van der Waals surface area contributed by atoms with E-state index in [9.17, 15) is 9.90 Å². The second-order valence-corrected chi connectivity index (χ2v) is 5.86. The van der Waals surface area contributed by atoms with Crippen molar-refractivity contribution in [2.45, 2.75) is 19.1 Å². The summed E-state index contributed by atoms with van der Waals surface area (Å²) in [6.07, 6.45) is -0.729. The summed E-state index contributed by atoms with van der Waals surface area (Å²) in [4.78, 5) is 11.5. The molecule has 0 saturated carbocycles. The minimum absolute atomic E-state index is 0.0591. The smallest absolute Gasteiger partial charge is 0.336 e. The molecule has 4 rings (SSSR count). The van der Waals surface area contributed by atoms with Gasteiger partial charge in [0.1, 0.15) is 6.10 Å². The first-order valence-corrected chi connectivity index (χ1v) is 7.84. The summed E-state index contributed by atoms with van der Waals surface area (Å²) >= 11 is 0. The van der Waals surface area contributed by atoms with Crippen LogP contribution in [-0.4, -0.2) is 18.3 Å². The lowest BCUT2D eigenvalue weighted by atomic mass is 10.0. The van der Waals surface area contributed by atoms with Crippen molar-refractivity contribution in [1.82, 2.24) is 0 Å². The van der Waals surface area contributed by atoms with Crippen molar-refractivity contribution in [3.63, 3.8) is 0 Å². The summed E-state index contributed by atoms with van der Waals surface area (Å²) in [5, 5.41) is 10.5. The fraction of sp³-hybridized carbons (Fsp3) is 0.211. The standard InChI is InChI=1S/C19H16O6/c1-10-17(12-3-6-13(20)15(9-12)22-2)24-14-7-4-11-5-8-16(21)25-18(11)19(14)23-10/h3-10,17,20H,1-2H3/t10-,17+/m0/s1. The van der Waals surface area contributed by atoms with Crippen LogP contribution >= 0.6 is 0 Å². The summed E-state index contributed by atoms with van der Waals surface area (Å²) in [5.74, 6) is 1.34. The Morgan fingerprint density at radius 2 is 1.88 bits per heavy atom. The second-order valence-electron chi connectivity index (χ2n) is 5.86. The predicted octanol–water partition coefficient (Wildman–Crippen LogP) is 3.41. The Hall–Kier alpha value is -3.15. The summed E-state index contributed by atoms with van der Waals surface area (Å²) in [6.45, 7) is 1.87. The lowest BCUT2D eigenvalue weighted by molar-refractivity contribution is 0.0310. The number of benzene rings is 2. The van der Waals surface area contributed by atoms with Gasteiger partial charge in [0, 0.05) is 17.0 Å². The zero-order valence-corrected chi connectivity index (χ0v) is 13.7. The topological polar surface area (TPSA) is 78.1 Å². The first kappa shape index (κ1) is 15.4. The first-order valence-electron chi connectivity index (χ1n) is 7.84. The number of hydrogen-bond acceptors (Lipinski definition) is 6. The highest BCUT2D eigenvalue weighted by Gasteiger charge is 2.32. The molecule has 0 fully saturated rings. The maximum atomic E-state index is 11.5. The lowest BCUT2D eigenvalue weighted by Gasteiger charge is -2.32. The molecule has 1 N–H and O–H groups in total. The Balaban J connectivity index is 1.78. The summed E-state index contributed by atoms with van der Waals surface area (Å²) < 4.78 is 22.5. The average molecular weight is 340 g/mol. The number of fused-ring (bicyclic) bond motifs is 3. The molecule has 2 aromatic carbocycles. The monoisotopic (exact) mass is 340 g/mol. The largest absolute Gasteiger partial charge is 0.504 e. The summed E-state index contributed by atoms with van der Waals surface area (Å²) in [6, 6.07) is 11.7. The quantitative estimate of drug-likeness (QED) is 0.720. The van der Waals surface area contributed by atoms with E-state index in [1.165, 1.54) is 13.2 Å². The molecular weight excluding hydrogens is 324 g/mol. The van der Waals surface area contributed by atoms with E-state index in [-0.39, 0.29) is 11.9 Å². The molecule has 0 saturated heterocycles. The van der Waals surface area contributed by atoms with Gasteiger partial charge in [0.25, 0.3) is 0 Å². The molecule has 1 aromatic heterocycles. The van der Waals surface area contributed by atoms with Crippen LogP contribution in [0.2, 0.25) is 0 Å². The van der Waals surface area contributed by atoms with E-state index >= 15 is 0 Å². The van der Waals surface area contributed by atoms with E-state index < -0.39 is 11.7 Å². The van der Waals surface area contributed by atoms with Crippen molar-refractivity contribution in [3.8, 4) is 23.0 Å².